The predicted octanol–water partition coefficient (Wildman–Crippen LogP) is 0.0676. The summed E-state index contributed by atoms with van der Waals surface area (Å²) < 4.78 is 0. The Morgan fingerprint density at radius 1 is 1.75 bits per heavy atom. The predicted molar refractivity (Wildman–Crippen MR) is 31.7 cm³/mol. The van der Waals surface area contributed by atoms with Gasteiger partial charge in [-0.25, -0.2) is 0 Å². The number of nitrogens with one attached hydrogen (secondary N) is 1. The second-order valence-electron chi connectivity index (χ2n) is 1.25. The Hall–Kier alpha value is -1.12. The molecule has 44 valence electrons. The number of allylic oxidation sites excluding steroid dienone is 1. The summed E-state index contributed by atoms with van der Waals surface area (Å²) >= 11 is 0. The number of amides is 1. The van der Waals surface area contributed by atoms with E-state index in [0.717, 1.165) is 6.21 Å². The topological polar surface area (TPSA) is 66.9 Å². The first-order valence-corrected chi connectivity index (χ1v) is 2.19. The van der Waals surface area contributed by atoms with E-state index in [1.807, 2.05) is 0 Å². The van der Waals surface area contributed by atoms with Gasteiger partial charge in [-0.05, 0) is 6.92 Å². The SMILES string of the molecule is CC=C(C=N)C(N)=O. The van der Waals surface area contributed by atoms with E-state index in [1.54, 1.807) is 6.92 Å². The van der Waals surface area contributed by atoms with E-state index < -0.39 is 5.91 Å². The lowest BCUT2D eigenvalue weighted by Gasteiger charge is -1.86. The highest BCUT2D eigenvalue weighted by atomic mass is 16.1. The van der Waals surface area contributed by atoms with Crippen LogP contribution in [-0.4, -0.2) is 12.1 Å². The fraction of sp³-hybridized carbons (Fsp3) is 0.200. The molecule has 0 aromatic carbocycles. The van der Waals surface area contributed by atoms with Gasteiger partial charge in [0.25, 0.3) is 0 Å². The molecule has 0 heterocycles. The van der Waals surface area contributed by atoms with Gasteiger partial charge < -0.3 is 11.1 Å². The van der Waals surface area contributed by atoms with E-state index >= 15 is 0 Å². The van der Waals surface area contributed by atoms with Crippen molar-refractivity contribution in [1.29, 1.82) is 5.41 Å². The first-order chi connectivity index (χ1) is 3.72. The summed E-state index contributed by atoms with van der Waals surface area (Å²) in [6.07, 6.45) is 2.43. The molecule has 0 aromatic heterocycles. The van der Waals surface area contributed by atoms with Crippen LogP contribution in [0.1, 0.15) is 6.92 Å². The highest BCUT2D eigenvalue weighted by molar-refractivity contribution is 6.10. The van der Waals surface area contributed by atoms with E-state index in [9.17, 15) is 4.79 Å². The summed E-state index contributed by atoms with van der Waals surface area (Å²) in [5, 5.41) is 6.60. The largest absolute Gasteiger partial charge is 0.366 e. The average Bonchev–Trinajstić information content (AvgIpc) is 1.69. The summed E-state index contributed by atoms with van der Waals surface area (Å²) in [5.41, 5.74) is 5.04. The molecule has 0 unspecified atom stereocenters. The molecule has 0 aliphatic rings. The first-order valence-electron chi connectivity index (χ1n) is 2.19. The monoisotopic (exact) mass is 112 g/mol. The molecule has 1 amide bonds. The Labute approximate surface area is 47.7 Å². The van der Waals surface area contributed by atoms with Gasteiger partial charge in [-0.1, -0.05) is 6.08 Å². The third kappa shape index (κ3) is 1.55. The highest BCUT2D eigenvalue weighted by Crippen LogP contribution is 1.83. The lowest BCUT2D eigenvalue weighted by Crippen LogP contribution is -2.13. The van der Waals surface area contributed by atoms with Crippen LogP contribution in [0, 0.1) is 5.41 Å². The van der Waals surface area contributed by atoms with Gasteiger partial charge in [0, 0.05) is 6.21 Å². The van der Waals surface area contributed by atoms with Gasteiger partial charge in [0.05, 0.1) is 5.57 Å². The molecule has 0 bridgehead atoms. The lowest BCUT2D eigenvalue weighted by atomic mass is 10.3. The number of hydrogen-bond acceptors (Lipinski definition) is 2. The Morgan fingerprint density at radius 3 is 2.25 bits per heavy atom. The van der Waals surface area contributed by atoms with Crippen molar-refractivity contribution in [2.75, 3.05) is 0 Å². The van der Waals surface area contributed by atoms with Gasteiger partial charge in [0.2, 0.25) is 5.91 Å². The second kappa shape index (κ2) is 2.96. The van der Waals surface area contributed by atoms with Crippen LogP contribution in [0.3, 0.4) is 0 Å². The Balaban J connectivity index is 4.13. The van der Waals surface area contributed by atoms with Crippen molar-refractivity contribution in [2.24, 2.45) is 5.73 Å². The number of carbonyl (C=O) groups is 1. The molecule has 0 fully saturated rings. The van der Waals surface area contributed by atoms with Gasteiger partial charge in [-0.2, -0.15) is 0 Å². The summed E-state index contributed by atoms with van der Waals surface area (Å²) in [4.78, 5) is 10.2. The summed E-state index contributed by atoms with van der Waals surface area (Å²) in [6.45, 7) is 1.66. The van der Waals surface area contributed by atoms with Crippen LogP contribution in [0.2, 0.25) is 0 Å². The van der Waals surface area contributed by atoms with Crippen LogP contribution in [0.5, 0.6) is 0 Å². The Bertz CT molecular complexity index is 137. The van der Waals surface area contributed by atoms with Crippen molar-refractivity contribution < 1.29 is 4.79 Å². The molecule has 3 nitrogen and oxygen atoms in total. The quantitative estimate of drug-likeness (QED) is 0.385. The summed E-state index contributed by atoms with van der Waals surface area (Å²) in [6, 6.07) is 0. The molecule has 0 aliphatic carbocycles. The van der Waals surface area contributed by atoms with Crippen molar-refractivity contribution in [3.63, 3.8) is 0 Å². The van der Waals surface area contributed by atoms with Crippen LogP contribution in [-0.2, 0) is 4.79 Å². The molecule has 0 aromatic rings. The van der Waals surface area contributed by atoms with E-state index in [0.29, 0.717) is 0 Å². The van der Waals surface area contributed by atoms with Crippen LogP contribution in [0.15, 0.2) is 11.6 Å². The van der Waals surface area contributed by atoms with E-state index in [-0.39, 0.29) is 5.57 Å². The van der Waals surface area contributed by atoms with Gasteiger partial charge in [0.1, 0.15) is 0 Å². The van der Waals surface area contributed by atoms with Crippen LogP contribution < -0.4 is 5.73 Å². The standard InChI is InChI=1S/C5H8N2O/c1-2-4(3-6)5(7)8/h2-3,6H,1H3,(H2,7,8). The van der Waals surface area contributed by atoms with Crippen molar-refractivity contribution in [2.45, 2.75) is 6.92 Å². The fourth-order valence-electron chi connectivity index (χ4n) is 0.297. The number of primary amides is 1. The molecule has 0 rings (SSSR count). The van der Waals surface area contributed by atoms with Gasteiger partial charge in [0.15, 0.2) is 0 Å². The minimum atomic E-state index is -0.553. The van der Waals surface area contributed by atoms with Gasteiger partial charge in [-0.15, -0.1) is 0 Å². The molecular weight excluding hydrogens is 104 g/mol. The minimum Gasteiger partial charge on any atom is -0.366 e. The molecule has 0 saturated carbocycles. The molecule has 3 heteroatoms. The summed E-state index contributed by atoms with van der Waals surface area (Å²) in [5.74, 6) is -0.553. The maximum absolute atomic E-state index is 10.2. The normalized spacial score (nSPS) is 10.9. The minimum absolute atomic E-state index is 0.241. The zero-order chi connectivity index (χ0) is 6.57. The fourth-order valence-corrected chi connectivity index (χ4v) is 0.297. The lowest BCUT2D eigenvalue weighted by molar-refractivity contribution is -0.114. The van der Waals surface area contributed by atoms with E-state index in [1.165, 1.54) is 6.08 Å². The molecule has 3 N–H and O–H groups in total. The number of hydrogen-bond donors (Lipinski definition) is 2. The van der Waals surface area contributed by atoms with Gasteiger partial charge in [-0.3, -0.25) is 4.79 Å². The van der Waals surface area contributed by atoms with Gasteiger partial charge >= 0.3 is 0 Å². The highest BCUT2D eigenvalue weighted by Gasteiger charge is 1.95. The first kappa shape index (κ1) is 6.88. The van der Waals surface area contributed by atoms with Crippen molar-refractivity contribution in [3.05, 3.63) is 11.6 Å². The van der Waals surface area contributed by atoms with Crippen LogP contribution >= 0.6 is 0 Å². The third-order valence-corrected chi connectivity index (χ3v) is 0.751. The maximum Gasteiger partial charge on any atom is 0.249 e. The molecule has 0 atom stereocenters. The van der Waals surface area contributed by atoms with Crippen LogP contribution in [0.25, 0.3) is 0 Å². The zero-order valence-electron chi connectivity index (χ0n) is 4.64. The molecule has 0 radical (unpaired) electrons. The number of nitrogens with two attached hydrogens (primary N) is 1. The number of carbonyl (C=O) groups excluding carboxylic acids is 1. The van der Waals surface area contributed by atoms with E-state index in [4.69, 9.17) is 11.1 Å². The average molecular weight is 112 g/mol. The molecule has 8 heavy (non-hydrogen) atoms. The van der Waals surface area contributed by atoms with Crippen molar-refractivity contribution >= 4 is 12.1 Å². The molecular formula is C5H8N2O. The van der Waals surface area contributed by atoms with Crippen molar-refractivity contribution in [3.8, 4) is 0 Å². The number of rotatable bonds is 2. The molecule has 0 aliphatic heterocycles. The van der Waals surface area contributed by atoms with E-state index in [2.05, 4.69) is 0 Å². The Kier molecular flexibility index (Phi) is 2.54. The Morgan fingerprint density at radius 2 is 2.25 bits per heavy atom. The van der Waals surface area contributed by atoms with Crippen LogP contribution in [0.4, 0.5) is 0 Å². The smallest absolute Gasteiger partial charge is 0.249 e. The second-order valence-corrected chi connectivity index (χ2v) is 1.25. The summed E-state index contributed by atoms with van der Waals surface area (Å²) in [7, 11) is 0. The molecule has 0 spiro atoms. The maximum atomic E-state index is 10.2. The molecule has 0 saturated heterocycles. The third-order valence-electron chi connectivity index (χ3n) is 0.751. The zero-order valence-corrected chi connectivity index (χ0v) is 4.64. The van der Waals surface area contributed by atoms with Crippen molar-refractivity contribution in [1.82, 2.24) is 0 Å².